The second-order valence-electron chi connectivity index (χ2n) is 7.00. The number of likely N-dealkylation sites (tertiary alicyclic amines) is 1. The molecule has 3 rings (SSSR count). The van der Waals surface area contributed by atoms with Gasteiger partial charge >= 0.3 is 0 Å². The van der Waals surface area contributed by atoms with E-state index in [1.54, 1.807) is 12.4 Å². The minimum absolute atomic E-state index is 0.0929. The van der Waals surface area contributed by atoms with E-state index in [9.17, 15) is 4.79 Å². The van der Waals surface area contributed by atoms with Crippen LogP contribution >= 0.6 is 0 Å². The lowest BCUT2D eigenvalue weighted by atomic mass is 9.99. The van der Waals surface area contributed by atoms with Crippen LogP contribution in [0.3, 0.4) is 0 Å². The van der Waals surface area contributed by atoms with E-state index in [2.05, 4.69) is 28.7 Å². The summed E-state index contributed by atoms with van der Waals surface area (Å²) in [7, 11) is 0. The molecule has 1 atom stereocenters. The topological polar surface area (TPSA) is 49.3 Å². The number of amides is 1. The standard InChI is InChI=1S/C18H28N4O/c1-3-16-6-4-5-9-22(16)17(23)15-12-19-18(20-13-15)21-10-7-14(2)8-11-21/h12-14,16H,3-11H2,1-2H3. The van der Waals surface area contributed by atoms with E-state index in [4.69, 9.17) is 0 Å². The van der Waals surface area contributed by atoms with Crippen molar-refractivity contribution in [3.05, 3.63) is 18.0 Å². The lowest BCUT2D eigenvalue weighted by Crippen LogP contribution is -2.43. The molecule has 0 bridgehead atoms. The fourth-order valence-electron chi connectivity index (χ4n) is 3.66. The third kappa shape index (κ3) is 3.65. The SMILES string of the molecule is CCC1CCCCN1C(=O)c1cnc(N2CCC(C)CC2)nc1. The molecule has 1 amide bonds. The summed E-state index contributed by atoms with van der Waals surface area (Å²) in [4.78, 5) is 25.9. The summed E-state index contributed by atoms with van der Waals surface area (Å²) in [5.41, 5.74) is 0.625. The molecular formula is C18H28N4O. The fraction of sp³-hybridized carbons (Fsp3) is 0.722. The minimum Gasteiger partial charge on any atom is -0.341 e. The van der Waals surface area contributed by atoms with Crippen LogP contribution in [0.5, 0.6) is 0 Å². The Kier molecular flexibility index (Phi) is 5.13. The van der Waals surface area contributed by atoms with Crippen molar-refractivity contribution in [2.75, 3.05) is 24.5 Å². The minimum atomic E-state index is 0.0929. The molecule has 0 spiro atoms. The highest BCUT2D eigenvalue weighted by molar-refractivity contribution is 5.94. The number of aromatic nitrogens is 2. The number of anilines is 1. The van der Waals surface area contributed by atoms with Crippen molar-refractivity contribution < 1.29 is 4.79 Å². The van der Waals surface area contributed by atoms with Gasteiger partial charge in [-0.2, -0.15) is 0 Å². The zero-order chi connectivity index (χ0) is 16.2. The van der Waals surface area contributed by atoms with Gasteiger partial charge in [0, 0.05) is 38.1 Å². The smallest absolute Gasteiger partial charge is 0.257 e. The summed E-state index contributed by atoms with van der Waals surface area (Å²) < 4.78 is 0. The number of hydrogen-bond acceptors (Lipinski definition) is 4. The van der Waals surface area contributed by atoms with E-state index in [1.165, 1.54) is 19.3 Å². The molecule has 5 nitrogen and oxygen atoms in total. The van der Waals surface area contributed by atoms with Crippen molar-refractivity contribution >= 4 is 11.9 Å². The zero-order valence-electron chi connectivity index (χ0n) is 14.4. The largest absolute Gasteiger partial charge is 0.341 e. The molecule has 0 aromatic carbocycles. The maximum atomic E-state index is 12.7. The summed E-state index contributed by atoms with van der Waals surface area (Å²) >= 11 is 0. The van der Waals surface area contributed by atoms with Gasteiger partial charge in [0.05, 0.1) is 5.56 Å². The van der Waals surface area contributed by atoms with E-state index in [0.717, 1.165) is 50.8 Å². The number of piperidine rings is 2. The summed E-state index contributed by atoms with van der Waals surface area (Å²) in [5, 5.41) is 0. The van der Waals surface area contributed by atoms with Gasteiger partial charge in [-0.25, -0.2) is 9.97 Å². The molecule has 1 aromatic rings. The van der Waals surface area contributed by atoms with Gasteiger partial charge in [0.1, 0.15) is 0 Å². The van der Waals surface area contributed by atoms with Gasteiger partial charge in [-0.3, -0.25) is 4.79 Å². The monoisotopic (exact) mass is 316 g/mol. The van der Waals surface area contributed by atoms with E-state index < -0.39 is 0 Å². The highest BCUT2D eigenvalue weighted by Gasteiger charge is 2.27. The third-order valence-electron chi connectivity index (χ3n) is 5.31. The first-order valence-corrected chi connectivity index (χ1v) is 9.07. The number of hydrogen-bond donors (Lipinski definition) is 0. The highest BCUT2D eigenvalue weighted by Crippen LogP contribution is 2.23. The van der Waals surface area contributed by atoms with Gasteiger partial charge < -0.3 is 9.80 Å². The Morgan fingerprint density at radius 3 is 2.48 bits per heavy atom. The maximum Gasteiger partial charge on any atom is 0.257 e. The van der Waals surface area contributed by atoms with Gasteiger partial charge in [0.15, 0.2) is 0 Å². The first kappa shape index (κ1) is 16.2. The van der Waals surface area contributed by atoms with Crippen molar-refractivity contribution in [2.45, 2.75) is 58.4 Å². The van der Waals surface area contributed by atoms with Crippen molar-refractivity contribution in [1.29, 1.82) is 0 Å². The van der Waals surface area contributed by atoms with Crippen LogP contribution in [-0.2, 0) is 0 Å². The first-order valence-electron chi connectivity index (χ1n) is 9.07. The lowest BCUT2D eigenvalue weighted by Gasteiger charge is -2.35. The molecule has 0 N–H and O–H groups in total. The molecule has 1 unspecified atom stereocenters. The molecule has 2 saturated heterocycles. The van der Waals surface area contributed by atoms with Crippen LogP contribution in [0.4, 0.5) is 5.95 Å². The molecule has 0 aliphatic carbocycles. The molecule has 126 valence electrons. The van der Waals surface area contributed by atoms with Crippen LogP contribution in [-0.4, -0.2) is 46.5 Å². The first-order chi connectivity index (χ1) is 11.2. The van der Waals surface area contributed by atoms with E-state index in [-0.39, 0.29) is 5.91 Å². The van der Waals surface area contributed by atoms with Gasteiger partial charge in [0.25, 0.3) is 5.91 Å². The Bertz CT molecular complexity index is 522. The predicted octanol–water partition coefficient (Wildman–Crippen LogP) is 3.12. The van der Waals surface area contributed by atoms with Crippen LogP contribution in [0, 0.1) is 5.92 Å². The molecule has 3 heterocycles. The van der Waals surface area contributed by atoms with Crippen LogP contribution in [0.2, 0.25) is 0 Å². The molecule has 23 heavy (non-hydrogen) atoms. The number of rotatable bonds is 3. The molecule has 2 aliphatic rings. The molecular weight excluding hydrogens is 288 g/mol. The summed E-state index contributed by atoms with van der Waals surface area (Å²) in [6.45, 7) is 7.34. The Morgan fingerprint density at radius 2 is 1.83 bits per heavy atom. The fourth-order valence-corrected chi connectivity index (χ4v) is 3.66. The van der Waals surface area contributed by atoms with E-state index >= 15 is 0 Å². The van der Waals surface area contributed by atoms with Crippen molar-refractivity contribution in [3.63, 3.8) is 0 Å². The third-order valence-corrected chi connectivity index (χ3v) is 5.31. The second-order valence-corrected chi connectivity index (χ2v) is 7.00. The predicted molar refractivity (Wildman–Crippen MR) is 91.6 cm³/mol. The van der Waals surface area contributed by atoms with Crippen LogP contribution in [0.15, 0.2) is 12.4 Å². The Balaban J connectivity index is 1.67. The Hall–Kier alpha value is -1.65. The Morgan fingerprint density at radius 1 is 1.13 bits per heavy atom. The van der Waals surface area contributed by atoms with Crippen molar-refractivity contribution in [3.8, 4) is 0 Å². The maximum absolute atomic E-state index is 12.7. The summed E-state index contributed by atoms with van der Waals surface area (Å²) in [6, 6.07) is 0.375. The summed E-state index contributed by atoms with van der Waals surface area (Å²) in [6.07, 6.45) is 10.3. The van der Waals surface area contributed by atoms with E-state index in [1.807, 2.05) is 4.90 Å². The molecule has 0 radical (unpaired) electrons. The highest BCUT2D eigenvalue weighted by atomic mass is 16.2. The summed E-state index contributed by atoms with van der Waals surface area (Å²) in [5.74, 6) is 1.65. The molecule has 0 saturated carbocycles. The number of carbonyl (C=O) groups is 1. The van der Waals surface area contributed by atoms with Gasteiger partial charge in [-0.1, -0.05) is 13.8 Å². The van der Waals surface area contributed by atoms with Gasteiger partial charge in [0.2, 0.25) is 5.95 Å². The number of carbonyl (C=O) groups excluding carboxylic acids is 1. The molecule has 1 aromatic heterocycles. The van der Waals surface area contributed by atoms with Crippen molar-refractivity contribution in [1.82, 2.24) is 14.9 Å². The molecule has 2 fully saturated rings. The molecule has 5 heteroatoms. The lowest BCUT2D eigenvalue weighted by molar-refractivity contribution is 0.0607. The average Bonchev–Trinajstić information content (AvgIpc) is 2.62. The normalized spacial score (nSPS) is 23.1. The van der Waals surface area contributed by atoms with Gasteiger partial charge in [-0.15, -0.1) is 0 Å². The van der Waals surface area contributed by atoms with Gasteiger partial charge in [-0.05, 0) is 44.4 Å². The zero-order valence-corrected chi connectivity index (χ0v) is 14.4. The van der Waals surface area contributed by atoms with Crippen LogP contribution < -0.4 is 4.90 Å². The van der Waals surface area contributed by atoms with Crippen LogP contribution in [0.1, 0.15) is 62.7 Å². The quantitative estimate of drug-likeness (QED) is 0.859. The molecule has 2 aliphatic heterocycles. The van der Waals surface area contributed by atoms with Crippen molar-refractivity contribution in [2.24, 2.45) is 5.92 Å². The Labute approximate surface area is 139 Å². The van der Waals surface area contributed by atoms with Crippen LogP contribution in [0.25, 0.3) is 0 Å². The number of nitrogens with zero attached hydrogens (tertiary/aromatic N) is 4. The average molecular weight is 316 g/mol. The van der Waals surface area contributed by atoms with E-state index in [0.29, 0.717) is 11.6 Å². The second kappa shape index (κ2) is 7.28.